The van der Waals surface area contributed by atoms with E-state index in [-0.39, 0.29) is 0 Å². The van der Waals surface area contributed by atoms with Gasteiger partial charge in [-0.3, -0.25) is 4.99 Å². The number of hydrogen-bond acceptors (Lipinski definition) is 3. The smallest absolute Gasteiger partial charge is 0.191 e. The minimum atomic E-state index is 0.543. The van der Waals surface area contributed by atoms with Gasteiger partial charge < -0.3 is 15.2 Å². The van der Waals surface area contributed by atoms with Gasteiger partial charge in [0.2, 0.25) is 0 Å². The summed E-state index contributed by atoms with van der Waals surface area (Å²) in [5.74, 6) is 0.897. The SMILES string of the molecule is CN=C(NCc1ccc(Cn2ccnc2)cc1)NC1CCC(SC)C1. The van der Waals surface area contributed by atoms with Gasteiger partial charge in [0, 0.05) is 43.8 Å². The van der Waals surface area contributed by atoms with Crippen molar-refractivity contribution >= 4 is 17.7 Å². The van der Waals surface area contributed by atoms with Crippen LogP contribution in [0.3, 0.4) is 0 Å². The Morgan fingerprint density at radius 1 is 1.28 bits per heavy atom. The molecule has 6 heteroatoms. The Labute approximate surface area is 154 Å². The van der Waals surface area contributed by atoms with Crippen molar-refractivity contribution in [1.82, 2.24) is 20.2 Å². The molecule has 2 atom stereocenters. The van der Waals surface area contributed by atoms with Gasteiger partial charge in [0.15, 0.2) is 5.96 Å². The molecule has 1 heterocycles. The Morgan fingerprint density at radius 3 is 2.72 bits per heavy atom. The predicted octanol–water partition coefficient (Wildman–Crippen LogP) is 2.88. The Balaban J connectivity index is 1.47. The molecule has 5 nitrogen and oxygen atoms in total. The van der Waals surface area contributed by atoms with E-state index in [9.17, 15) is 0 Å². The summed E-state index contributed by atoms with van der Waals surface area (Å²) in [4.78, 5) is 8.44. The molecule has 0 bridgehead atoms. The minimum absolute atomic E-state index is 0.543. The van der Waals surface area contributed by atoms with Crippen LogP contribution in [0.5, 0.6) is 0 Å². The molecule has 0 spiro atoms. The van der Waals surface area contributed by atoms with Crippen molar-refractivity contribution in [2.75, 3.05) is 13.3 Å². The molecule has 25 heavy (non-hydrogen) atoms. The lowest BCUT2D eigenvalue weighted by molar-refractivity contribution is 0.614. The van der Waals surface area contributed by atoms with Crippen LogP contribution >= 0.6 is 11.8 Å². The first kappa shape index (κ1) is 17.9. The average Bonchev–Trinajstić information content (AvgIpc) is 3.31. The molecule has 2 aromatic rings. The Morgan fingerprint density at radius 2 is 2.08 bits per heavy atom. The van der Waals surface area contributed by atoms with Gasteiger partial charge in [0.1, 0.15) is 0 Å². The summed E-state index contributed by atoms with van der Waals surface area (Å²) >= 11 is 1.98. The van der Waals surface area contributed by atoms with Crippen LogP contribution in [0.1, 0.15) is 30.4 Å². The summed E-state index contributed by atoms with van der Waals surface area (Å²) in [6, 6.07) is 9.24. The highest BCUT2D eigenvalue weighted by Crippen LogP contribution is 2.27. The number of aromatic nitrogens is 2. The molecule has 134 valence electrons. The number of rotatable bonds is 6. The van der Waals surface area contributed by atoms with Gasteiger partial charge in [-0.2, -0.15) is 11.8 Å². The summed E-state index contributed by atoms with van der Waals surface area (Å²) in [7, 11) is 1.84. The van der Waals surface area contributed by atoms with Crippen LogP contribution in [-0.4, -0.2) is 40.1 Å². The average molecular weight is 358 g/mol. The second-order valence-corrected chi connectivity index (χ2v) is 7.63. The van der Waals surface area contributed by atoms with Gasteiger partial charge in [-0.1, -0.05) is 24.3 Å². The molecule has 1 aromatic carbocycles. The number of nitrogens with zero attached hydrogens (tertiary/aromatic N) is 3. The van der Waals surface area contributed by atoms with Gasteiger partial charge in [0.25, 0.3) is 0 Å². The zero-order chi connectivity index (χ0) is 17.5. The number of thioether (sulfide) groups is 1. The summed E-state index contributed by atoms with van der Waals surface area (Å²) in [5.41, 5.74) is 2.53. The van der Waals surface area contributed by atoms with E-state index in [2.05, 4.69) is 55.7 Å². The molecule has 1 fully saturated rings. The first-order chi connectivity index (χ1) is 12.3. The second-order valence-electron chi connectivity index (χ2n) is 6.49. The topological polar surface area (TPSA) is 54.2 Å². The fraction of sp³-hybridized carbons (Fsp3) is 0.474. The first-order valence-corrected chi connectivity index (χ1v) is 10.1. The third-order valence-corrected chi connectivity index (χ3v) is 5.78. The minimum Gasteiger partial charge on any atom is -0.354 e. The number of imidazole rings is 1. The molecular formula is C19H27N5S. The van der Waals surface area contributed by atoms with Crippen LogP contribution in [0, 0.1) is 0 Å². The summed E-state index contributed by atoms with van der Waals surface area (Å²) < 4.78 is 2.07. The van der Waals surface area contributed by atoms with Crippen LogP contribution < -0.4 is 10.6 Å². The third kappa shape index (κ3) is 5.26. The number of aliphatic imine (C=N–C) groups is 1. The molecular weight excluding hydrogens is 330 g/mol. The largest absolute Gasteiger partial charge is 0.354 e. The molecule has 1 aliphatic carbocycles. The van der Waals surface area contributed by atoms with E-state index in [4.69, 9.17) is 0 Å². The normalized spacial score (nSPS) is 20.6. The van der Waals surface area contributed by atoms with Crippen molar-refractivity contribution in [3.05, 3.63) is 54.1 Å². The van der Waals surface area contributed by atoms with E-state index >= 15 is 0 Å². The fourth-order valence-electron chi connectivity index (χ4n) is 3.21. The van der Waals surface area contributed by atoms with Crippen molar-refractivity contribution in [3.8, 4) is 0 Å². The van der Waals surface area contributed by atoms with Crippen LogP contribution in [0.4, 0.5) is 0 Å². The molecule has 0 radical (unpaired) electrons. The van der Waals surface area contributed by atoms with Gasteiger partial charge in [-0.15, -0.1) is 0 Å². The van der Waals surface area contributed by atoms with E-state index < -0.39 is 0 Å². The van der Waals surface area contributed by atoms with Crippen LogP contribution in [0.15, 0.2) is 48.0 Å². The second kappa shape index (κ2) is 8.94. The van der Waals surface area contributed by atoms with Crippen molar-refractivity contribution in [2.45, 2.75) is 43.6 Å². The summed E-state index contributed by atoms with van der Waals surface area (Å²) in [5, 5.41) is 7.77. The highest BCUT2D eigenvalue weighted by atomic mass is 32.2. The Hall–Kier alpha value is -1.95. The number of hydrogen-bond donors (Lipinski definition) is 2. The maximum atomic E-state index is 4.36. The molecule has 2 unspecified atom stereocenters. The van der Waals surface area contributed by atoms with E-state index in [0.29, 0.717) is 6.04 Å². The van der Waals surface area contributed by atoms with Crippen molar-refractivity contribution in [2.24, 2.45) is 4.99 Å². The van der Waals surface area contributed by atoms with E-state index in [1.807, 2.05) is 37.5 Å². The Bertz CT molecular complexity index is 666. The maximum Gasteiger partial charge on any atom is 0.191 e. The van der Waals surface area contributed by atoms with Crippen molar-refractivity contribution < 1.29 is 0 Å². The standard InChI is InChI=1S/C19H27N5S/c1-20-19(23-17-7-8-18(11-17)25-2)22-12-15-3-5-16(6-4-15)13-24-10-9-21-14-24/h3-6,9-10,14,17-18H,7-8,11-13H2,1-2H3,(H2,20,22,23). The van der Waals surface area contributed by atoms with Gasteiger partial charge in [-0.25, -0.2) is 4.98 Å². The molecule has 1 aromatic heterocycles. The quantitative estimate of drug-likeness (QED) is 0.617. The van der Waals surface area contributed by atoms with Crippen LogP contribution in [0.25, 0.3) is 0 Å². The lowest BCUT2D eigenvalue weighted by Crippen LogP contribution is -2.42. The molecule has 0 aliphatic heterocycles. The zero-order valence-corrected chi connectivity index (χ0v) is 15.8. The molecule has 1 aliphatic rings. The lowest BCUT2D eigenvalue weighted by atomic mass is 10.1. The molecule has 1 saturated carbocycles. The van der Waals surface area contributed by atoms with Gasteiger partial charge in [0.05, 0.1) is 6.33 Å². The van der Waals surface area contributed by atoms with Crippen LogP contribution in [-0.2, 0) is 13.1 Å². The molecule has 0 amide bonds. The molecule has 0 saturated heterocycles. The van der Waals surface area contributed by atoms with Crippen molar-refractivity contribution in [1.29, 1.82) is 0 Å². The highest BCUT2D eigenvalue weighted by Gasteiger charge is 2.24. The summed E-state index contributed by atoms with van der Waals surface area (Å²) in [6.07, 6.45) is 11.6. The van der Waals surface area contributed by atoms with Gasteiger partial charge >= 0.3 is 0 Å². The van der Waals surface area contributed by atoms with Crippen LogP contribution in [0.2, 0.25) is 0 Å². The zero-order valence-electron chi connectivity index (χ0n) is 15.0. The highest BCUT2D eigenvalue weighted by molar-refractivity contribution is 7.99. The van der Waals surface area contributed by atoms with Gasteiger partial charge in [-0.05, 0) is 36.6 Å². The summed E-state index contributed by atoms with van der Waals surface area (Å²) in [6.45, 7) is 1.64. The number of nitrogens with one attached hydrogen (secondary N) is 2. The monoisotopic (exact) mass is 357 g/mol. The first-order valence-electron chi connectivity index (χ1n) is 8.80. The molecule has 2 N–H and O–H groups in total. The van der Waals surface area contributed by atoms with E-state index in [1.54, 1.807) is 0 Å². The molecule has 3 rings (SSSR count). The third-order valence-electron chi connectivity index (χ3n) is 4.69. The number of guanidine groups is 1. The predicted molar refractivity (Wildman–Crippen MR) is 106 cm³/mol. The lowest BCUT2D eigenvalue weighted by Gasteiger charge is -2.17. The maximum absolute atomic E-state index is 4.36. The van der Waals surface area contributed by atoms with E-state index in [0.717, 1.165) is 24.3 Å². The van der Waals surface area contributed by atoms with Crippen molar-refractivity contribution in [3.63, 3.8) is 0 Å². The fourth-order valence-corrected chi connectivity index (χ4v) is 4.01. The number of benzene rings is 1. The van der Waals surface area contributed by atoms with E-state index in [1.165, 1.54) is 30.4 Å². The Kier molecular flexibility index (Phi) is 6.39.